The van der Waals surface area contributed by atoms with E-state index in [4.69, 9.17) is 42.9 Å². The Morgan fingerprint density at radius 1 is 0.850 bits per heavy atom. The van der Waals surface area contributed by atoms with Crippen LogP contribution < -0.4 is 0 Å². The van der Waals surface area contributed by atoms with Gasteiger partial charge in [0.2, 0.25) is 0 Å². The van der Waals surface area contributed by atoms with Crippen LogP contribution in [-0.4, -0.2) is 59.3 Å². The van der Waals surface area contributed by atoms with E-state index in [-0.39, 0.29) is 37.8 Å². The van der Waals surface area contributed by atoms with E-state index in [1.165, 1.54) is 0 Å². The Labute approximate surface area is 127 Å². The lowest BCUT2D eigenvalue weighted by atomic mass is 10.2. The SMILES string of the molecule is O=C(CCCCC(=O)OCC(O)CCl)OCC(O)CCl. The maximum Gasteiger partial charge on any atom is 0.305 e. The highest BCUT2D eigenvalue weighted by Gasteiger charge is 2.10. The molecule has 0 saturated carbocycles. The van der Waals surface area contributed by atoms with Crippen LogP contribution in [0.3, 0.4) is 0 Å². The second-order valence-electron chi connectivity index (χ2n) is 4.19. The average molecular weight is 331 g/mol. The predicted molar refractivity (Wildman–Crippen MR) is 73.8 cm³/mol. The third kappa shape index (κ3) is 11.3. The Morgan fingerprint density at radius 3 is 1.50 bits per heavy atom. The number of hydrogen-bond donors (Lipinski definition) is 2. The topological polar surface area (TPSA) is 93.1 Å². The molecule has 118 valence electrons. The van der Waals surface area contributed by atoms with Crippen molar-refractivity contribution in [3.8, 4) is 0 Å². The molecule has 0 aromatic rings. The standard InChI is InChI=1S/C12H20Cl2O6/c13-5-9(15)7-19-11(17)3-1-2-4-12(18)20-8-10(16)6-14/h9-10,15-16H,1-8H2. The van der Waals surface area contributed by atoms with Gasteiger partial charge >= 0.3 is 11.9 Å². The van der Waals surface area contributed by atoms with Crippen LogP contribution >= 0.6 is 23.2 Å². The van der Waals surface area contributed by atoms with Gasteiger partial charge in [0.1, 0.15) is 25.4 Å². The predicted octanol–water partition coefficient (Wildman–Crippen LogP) is 0.833. The first-order valence-electron chi connectivity index (χ1n) is 6.28. The Bertz CT molecular complexity index is 259. The van der Waals surface area contributed by atoms with E-state index in [0.717, 1.165) is 0 Å². The summed E-state index contributed by atoms with van der Waals surface area (Å²) in [6, 6.07) is 0. The first-order valence-corrected chi connectivity index (χ1v) is 7.35. The molecule has 0 aliphatic rings. The number of aliphatic hydroxyl groups is 2. The molecule has 0 heterocycles. The second kappa shape index (κ2) is 12.2. The number of aliphatic hydroxyl groups excluding tert-OH is 2. The van der Waals surface area contributed by atoms with E-state index in [1.54, 1.807) is 0 Å². The molecule has 0 bridgehead atoms. The zero-order valence-electron chi connectivity index (χ0n) is 11.1. The molecular formula is C12H20Cl2O6. The molecule has 2 atom stereocenters. The molecule has 0 aliphatic carbocycles. The number of esters is 2. The lowest BCUT2D eigenvalue weighted by Crippen LogP contribution is -2.20. The summed E-state index contributed by atoms with van der Waals surface area (Å²) in [5.74, 6) is -0.874. The molecule has 0 aromatic carbocycles. The summed E-state index contributed by atoms with van der Waals surface area (Å²) < 4.78 is 9.52. The van der Waals surface area contributed by atoms with Crippen molar-refractivity contribution >= 4 is 35.1 Å². The van der Waals surface area contributed by atoms with Crippen molar-refractivity contribution in [2.24, 2.45) is 0 Å². The third-order valence-corrected chi connectivity index (χ3v) is 2.95. The van der Waals surface area contributed by atoms with E-state index in [0.29, 0.717) is 12.8 Å². The molecule has 6 nitrogen and oxygen atoms in total. The average Bonchev–Trinajstić information content (AvgIpc) is 2.46. The van der Waals surface area contributed by atoms with Gasteiger partial charge in [0.05, 0.1) is 11.8 Å². The van der Waals surface area contributed by atoms with Crippen LogP contribution in [0.1, 0.15) is 25.7 Å². The van der Waals surface area contributed by atoms with Gasteiger partial charge in [-0.1, -0.05) is 0 Å². The largest absolute Gasteiger partial charge is 0.463 e. The van der Waals surface area contributed by atoms with Crippen molar-refractivity contribution < 1.29 is 29.3 Å². The van der Waals surface area contributed by atoms with E-state index >= 15 is 0 Å². The monoisotopic (exact) mass is 330 g/mol. The molecule has 8 heteroatoms. The van der Waals surface area contributed by atoms with E-state index in [9.17, 15) is 9.59 Å². The molecule has 0 aromatic heterocycles. The zero-order chi connectivity index (χ0) is 15.4. The van der Waals surface area contributed by atoms with Crippen LogP contribution in [0.2, 0.25) is 0 Å². The first kappa shape index (κ1) is 19.4. The molecule has 0 fully saturated rings. The minimum atomic E-state index is -0.857. The quantitative estimate of drug-likeness (QED) is 0.331. The van der Waals surface area contributed by atoms with Crippen LogP contribution in [0.5, 0.6) is 0 Å². The highest BCUT2D eigenvalue weighted by atomic mass is 35.5. The second-order valence-corrected chi connectivity index (χ2v) is 4.81. The maximum atomic E-state index is 11.2. The van der Waals surface area contributed by atoms with Gasteiger partial charge in [-0.15, -0.1) is 23.2 Å². The number of carbonyl (C=O) groups is 2. The summed E-state index contributed by atoms with van der Waals surface area (Å²) in [7, 11) is 0. The fourth-order valence-corrected chi connectivity index (χ4v) is 1.33. The number of carbonyl (C=O) groups excluding carboxylic acids is 2. The van der Waals surface area contributed by atoms with Gasteiger partial charge in [-0.3, -0.25) is 9.59 Å². The first-order chi connectivity index (χ1) is 9.49. The fourth-order valence-electron chi connectivity index (χ4n) is 1.15. The number of halogens is 2. The number of ether oxygens (including phenoxy) is 2. The van der Waals surface area contributed by atoms with E-state index < -0.39 is 24.1 Å². The summed E-state index contributed by atoms with van der Waals surface area (Å²) in [6.45, 7) is -0.249. The summed E-state index contributed by atoms with van der Waals surface area (Å²) >= 11 is 10.7. The van der Waals surface area contributed by atoms with Gasteiger partial charge in [-0.25, -0.2) is 0 Å². The van der Waals surface area contributed by atoms with Crippen molar-refractivity contribution in [1.29, 1.82) is 0 Å². The molecule has 0 spiro atoms. The van der Waals surface area contributed by atoms with Crippen LogP contribution in [0, 0.1) is 0 Å². The number of alkyl halides is 2. The molecule has 0 amide bonds. The summed E-state index contributed by atoms with van der Waals surface area (Å²) in [5, 5.41) is 18.2. The minimum absolute atomic E-state index is 0.00722. The van der Waals surface area contributed by atoms with E-state index in [2.05, 4.69) is 0 Å². The number of rotatable bonds is 11. The van der Waals surface area contributed by atoms with E-state index in [1.807, 2.05) is 0 Å². The highest BCUT2D eigenvalue weighted by molar-refractivity contribution is 6.18. The van der Waals surface area contributed by atoms with Crippen LogP contribution in [-0.2, 0) is 19.1 Å². The number of hydrogen-bond acceptors (Lipinski definition) is 6. The van der Waals surface area contributed by atoms with Gasteiger partial charge in [0.15, 0.2) is 0 Å². The summed E-state index contributed by atoms with van der Waals surface area (Å²) in [6.07, 6.45) is -0.446. The normalized spacial score (nSPS) is 13.6. The van der Waals surface area contributed by atoms with Gasteiger partial charge in [-0.2, -0.15) is 0 Å². The Balaban J connectivity index is 3.51. The van der Waals surface area contributed by atoms with Crippen molar-refractivity contribution in [2.45, 2.75) is 37.9 Å². The van der Waals surface area contributed by atoms with Crippen LogP contribution in [0.25, 0.3) is 0 Å². The van der Waals surface area contributed by atoms with Gasteiger partial charge in [-0.05, 0) is 12.8 Å². The molecule has 2 unspecified atom stereocenters. The summed E-state index contributed by atoms with van der Waals surface area (Å²) in [4.78, 5) is 22.4. The van der Waals surface area contributed by atoms with Gasteiger partial charge < -0.3 is 19.7 Å². The Kier molecular flexibility index (Phi) is 11.9. The van der Waals surface area contributed by atoms with Gasteiger partial charge in [0, 0.05) is 12.8 Å². The Morgan fingerprint density at radius 2 is 1.20 bits per heavy atom. The van der Waals surface area contributed by atoms with Crippen LogP contribution in [0.15, 0.2) is 0 Å². The molecule has 20 heavy (non-hydrogen) atoms. The van der Waals surface area contributed by atoms with Crippen molar-refractivity contribution in [3.05, 3.63) is 0 Å². The molecule has 0 aliphatic heterocycles. The summed E-state index contributed by atoms with van der Waals surface area (Å²) in [5.41, 5.74) is 0. The minimum Gasteiger partial charge on any atom is -0.463 e. The smallest absolute Gasteiger partial charge is 0.305 e. The molecule has 2 N–H and O–H groups in total. The lowest BCUT2D eigenvalue weighted by molar-refractivity contribution is -0.148. The lowest BCUT2D eigenvalue weighted by Gasteiger charge is -2.09. The molecular weight excluding hydrogens is 311 g/mol. The number of unbranched alkanes of at least 4 members (excludes halogenated alkanes) is 1. The Hall–Kier alpha value is -0.560. The highest BCUT2D eigenvalue weighted by Crippen LogP contribution is 2.04. The van der Waals surface area contributed by atoms with Crippen LogP contribution in [0.4, 0.5) is 0 Å². The molecule has 0 rings (SSSR count). The zero-order valence-corrected chi connectivity index (χ0v) is 12.6. The fraction of sp³-hybridized carbons (Fsp3) is 0.833. The van der Waals surface area contributed by atoms with Crippen molar-refractivity contribution in [3.63, 3.8) is 0 Å². The van der Waals surface area contributed by atoms with Crippen molar-refractivity contribution in [2.75, 3.05) is 25.0 Å². The van der Waals surface area contributed by atoms with Crippen molar-refractivity contribution in [1.82, 2.24) is 0 Å². The third-order valence-electron chi connectivity index (χ3n) is 2.24. The van der Waals surface area contributed by atoms with Gasteiger partial charge in [0.25, 0.3) is 0 Å². The molecule has 0 radical (unpaired) electrons. The maximum absolute atomic E-state index is 11.2. The molecule has 0 saturated heterocycles.